The number of fused-ring (bicyclic) bond motifs is 20. The summed E-state index contributed by atoms with van der Waals surface area (Å²) in [7, 11) is 0. The molecule has 43 heavy (non-hydrogen) atoms. The zero-order valence-corrected chi connectivity index (χ0v) is 22.6. The Bertz CT molecular complexity index is 2530. The monoisotopic (exact) mass is 552 g/mol. The standard InChI is InChI=1S/C35H20N8/c1-2-10-19-11-9-18-26-27(19)35-42-33-25-17-8-7-16-24(25)31(40-33)38-29-21-13-4-3-12-20(21)28(36-29)37-30-22-14-5-6-15-23(22)32(39-30)41-34(26)43-35/h3-18H,1H2,(H2,36,37,38,39,40,41,42,43). The van der Waals surface area contributed by atoms with Crippen LogP contribution in [0.3, 0.4) is 0 Å². The van der Waals surface area contributed by atoms with Crippen LogP contribution < -0.4 is 0 Å². The van der Waals surface area contributed by atoms with E-state index in [0.717, 1.165) is 49.4 Å². The Kier molecular flexibility index (Phi) is 4.84. The summed E-state index contributed by atoms with van der Waals surface area (Å²) in [5.74, 6) is 2.29. The summed E-state index contributed by atoms with van der Waals surface area (Å²) in [6, 6.07) is 30.1. The van der Waals surface area contributed by atoms with Crippen LogP contribution in [0.5, 0.6) is 0 Å². The van der Waals surface area contributed by atoms with E-state index in [2.05, 4.69) is 22.3 Å². The van der Waals surface area contributed by atoms with Crippen molar-refractivity contribution >= 4 is 50.2 Å². The van der Waals surface area contributed by atoms with Gasteiger partial charge in [0.2, 0.25) is 0 Å². The fourth-order valence-corrected chi connectivity index (χ4v) is 5.95. The number of nitrogens with one attached hydrogen (secondary N) is 2. The van der Waals surface area contributed by atoms with Gasteiger partial charge in [-0.25, -0.2) is 29.9 Å². The maximum absolute atomic E-state index is 5.09. The van der Waals surface area contributed by atoms with Gasteiger partial charge in [0.25, 0.3) is 0 Å². The molecule has 5 heterocycles. The summed E-state index contributed by atoms with van der Waals surface area (Å²) in [6.45, 7) is 3.80. The van der Waals surface area contributed by atoms with Crippen LogP contribution in [-0.2, 0) is 0 Å². The van der Waals surface area contributed by atoms with Crippen molar-refractivity contribution in [3.8, 4) is 45.6 Å². The van der Waals surface area contributed by atoms with Crippen molar-refractivity contribution in [3.05, 3.63) is 109 Å². The van der Waals surface area contributed by atoms with E-state index in [4.69, 9.17) is 29.9 Å². The van der Waals surface area contributed by atoms with Crippen LogP contribution in [0, 0.1) is 0 Å². The van der Waals surface area contributed by atoms with E-state index in [1.165, 1.54) is 0 Å². The Morgan fingerprint density at radius 2 is 0.884 bits per heavy atom. The molecule has 200 valence electrons. The van der Waals surface area contributed by atoms with Crippen molar-refractivity contribution in [3.63, 3.8) is 0 Å². The van der Waals surface area contributed by atoms with Crippen molar-refractivity contribution in [2.75, 3.05) is 0 Å². The van der Waals surface area contributed by atoms with Gasteiger partial charge in [0, 0.05) is 43.8 Å². The molecule has 0 aliphatic carbocycles. The molecule has 0 amide bonds. The SMILES string of the molecule is C=C=Cc1cccc2c3nc4nc(nc5[nH]c(nc6nc(nc([nH]3)c12)-c1ccccc1-6)c1ccccc51)-c1ccccc1-4. The fraction of sp³-hybridized carbons (Fsp3) is 0. The molecule has 3 aromatic heterocycles. The zero-order chi connectivity index (χ0) is 28.5. The minimum absolute atomic E-state index is 0.563. The van der Waals surface area contributed by atoms with Crippen molar-refractivity contribution in [1.82, 2.24) is 39.9 Å². The number of hydrogen-bond acceptors (Lipinski definition) is 6. The van der Waals surface area contributed by atoms with Crippen LogP contribution in [0.25, 0.3) is 95.8 Å². The summed E-state index contributed by atoms with van der Waals surface area (Å²) in [5, 5.41) is 3.68. The second-order valence-corrected chi connectivity index (χ2v) is 10.4. The second-order valence-electron chi connectivity index (χ2n) is 10.4. The van der Waals surface area contributed by atoms with E-state index in [-0.39, 0.29) is 0 Å². The second kappa shape index (κ2) is 8.88. The molecule has 8 nitrogen and oxygen atoms in total. The van der Waals surface area contributed by atoms with Crippen LogP contribution in [0.4, 0.5) is 0 Å². The van der Waals surface area contributed by atoms with Gasteiger partial charge in [0.05, 0.1) is 0 Å². The molecule has 8 bridgehead atoms. The highest BCUT2D eigenvalue weighted by Crippen LogP contribution is 2.37. The highest BCUT2D eigenvalue weighted by Gasteiger charge is 2.22. The normalized spacial score (nSPS) is 11.7. The Balaban J connectivity index is 1.52. The van der Waals surface area contributed by atoms with Crippen LogP contribution in [0.2, 0.25) is 0 Å². The number of aromatic nitrogens is 8. The van der Waals surface area contributed by atoms with Gasteiger partial charge in [-0.3, -0.25) is 0 Å². The van der Waals surface area contributed by atoms with E-state index in [1.54, 1.807) is 0 Å². The third kappa shape index (κ3) is 3.51. The molecule has 0 radical (unpaired) electrons. The van der Waals surface area contributed by atoms with E-state index < -0.39 is 0 Å². The van der Waals surface area contributed by atoms with Gasteiger partial charge in [-0.2, -0.15) is 0 Å². The van der Waals surface area contributed by atoms with Crippen molar-refractivity contribution in [2.45, 2.75) is 0 Å². The molecule has 7 aromatic rings. The highest BCUT2D eigenvalue weighted by molar-refractivity contribution is 6.09. The summed E-state index contributed by atoms with van der Waals surface area (Å²) >= 11 is 0. The molecule has 2 aliphatic rings. The van der Waals surface area contributed by atoms with Crippen LogP contribution in [-0.4, -0.2) is 39.9 Å². The summed E-state index contributed by atoms with van der Waals surface area (Å²) < 4.78 is 0. The van der Waals surface area contributed by atoms with E-state index in [9.17, 15) is 0 Å². The van der Waals surface area contributed by atoms with Gasteiger partial charge in [-0.15, -0.1) is 5.73 Å². The Morgan fingerprint density at radius 3 is 1.40 bits per heavy atom. The third-order valence-corrected chi connectivity index (χ3v) is 7.87. The number of nitrogens with zero attached hydrogens (tertiary/aromatic N) is 6. The molecule has 0 unspecified atom stereocenters. The molecule has 8 heteroatoms. The van der Waals surface area contributed by atoms with E-state index in [1.807, 2.05) is 97.1 Å². The molecular weight excluding hydrogens is 532 g/mol. The molecule has 9 rings (SSSR count). The lowest BCUT2D eigenvalue weighted by atomic mass is 10.1. The lowest BCUT2D eigenvalue weighted by Gasteiger charge is -1.97. The fourth-order valence-electron chi connectivity index (χ4n) is 5.95. The van der Waals surface area contributed by atoms with Crippen molar-refractivity contribution in [1.29, 1.82) is 0 Å². The number of aromatic amines is 2. The first-order valence-corrected chi connectivity index (χ1v) is 13.8. The van der Waals surface area contributed by atoms with Gasteiger partial charge in [-0.1, -0.05) is 97.6 Å². The first kappa shape index (κ1) is 23.5. The molecule has 2 aliphatic heterocycles. The number of hydrogen-bond donors (Lipinski definition) is 2. The minimum atomic E-state index is 0.563. The van der Waals surface area contributed by atoms with Gasteiger partial charge in [0.15, 0.2) is 23.3 Å². The first-order chi connectivity index (χ1) is 21.2. The molecule has 4 aromatic carbocycles. The number of H-pyrrole nitrogens is 2. The lowest BCUT2D eigenvalue weighted by Crippen LogP contribution is -1.83. The first-order valence-electron chi connectivity index (χ1n) is 13.8. The van der Waals surface area contributed by atoms with E-state index >= 15 is 0 Å². The molecule has 0 saturated carbocycles. The third-order valence-electron chi connectivity index (χ3n) is 7.87. The van der Waals surface area contributed by atoms with Crippen LogP contribution in [0.1, 0.15) is 5.56 Å². The molecule has 0 spiro atoms. The zero-order valence-electron chi connectivity index (χ0n) is 22.6. The molecule has 2 N–H and O–H groups in total. The Labute approximate surface area is 244 Å². The Morgan fingerprint density at radius 1 is 0.465 bits per heavy atom. The number of rotatable bonds is 1. The number of benzene rings is 4. The smallest absolute Gasteiger partial charge is 0.164 e. The average Bonchev–Trinajstić information content (AvgIpc) is 3.77. The predicted octanol–water partition coefficient (Wildman–Crippen LogP) is 7.67. The van der Waals surface area contributed by atoms with Gasteiger partial charge >= 0.3 is 0 Å². The minimum Gasteiger partial charge on any atom is -0.324 e. The maximum atomic E-state index is 5.09. The van der Waals surface area contributed by atoms with E-state index in [0.29, 0.717) is 45.9 Å². The van der Waals surface area contributed by atoms with Crippen LogP contribution in [0.15, 0.2) is 103 Å². The van der Waals surface area contributed by atoms with Crippen LogP contribution >= 0.6 is 0 Å². The molecular formula is C35H20N8. The van der Waals surface area contributed by atoms with Crippen molar-refractivity contribution in [2.24, 2.45) is 0 Å². The van der Waals surface area contributed by atoms with Gasteiger partial charge < -0.3 is 9.97 Å². The largest absolute Gasteiger partial charge is 0.324 e. The highest BCUT2D eigenvalue weighted by atomic mass is 15.1. The van der Waals surface area contributed by atoms with Crippen molar-refractivity contribution < 1.29 is 0 Å². The topological polar surface area (TPSA) is 109 Å². The lowest BCUT2D eigenvalue weighted by molar-refractivity contribution is 1.19. The summed E-state index contributed by atoms with van der Waals surface area (Å²) in [4.78, 5) is 37.0. The van der Waals surface area contributed by atoms with Gasteiger partial charge in [0.1, 0.15) is 22.6 Å². The quantitative estimate of drug-likeness (QED) is 0.202. The Hall–Kier alpha value is -6.24. The maximum Gasteiger partial charge on any atom is 0.164 e. The summed E-state index contributed by atoms with van der Waals surface area (Å²) in [6.07, 6.45) is 1.85. The average molecular weight is 553 g/mol. The molecule has 0 fully saturated rings. The molecule has 0 atom stereocenters. The predicted molar refractivity (Wildman–Crippen MR) is 170 cm³/mol. The molecule has 0 saturated heterocycles. The summed E-state index contributed by atoms with van der Waals surface area (Å²) in [5.41, 5.74) is 10.1. The van der Waals surface area contributed by atoms with Gasteiger partial charge in [-0.05, 0) is 11.6 Å².